The zero-order valence-corrected chi connectivity index (χ0v) is 13.1. The summed E-state index contributed by atoms with van der Waals surface area (Å²) in [5.41, 5.74) is 1.70. The molecule has 0 aliphatic carbocycles. The summed E-state index contributed by atoms with van der Waals surface area (Å²) in [7, 11) is 0. The number of fused-ring (bicyclic) bond motifs is 1. The molecule has 1 aromatic heterocycles. The van der Waals surface area contributed by atoms with Crippen molar-refractivity contribution >= 4 is 39.7 Å². The molecule has 1 fully saturated rings. The highest BCUT2D eigenvalue weighted by Crippen LogP contribution is 2.43. The number of non-ortho nitro benzene ring substituents is 1. The lowest BCUT2D eigenvalue weighted by Gasteiger charge is -2.45. The highest BCUT2D eigenvalue weighted by molar-refractivity contribution is 6.37. The topological polar surface area (TPSA) is 79.2 Å². The molecule has 2 atom stereocenters. The number of aromatic amines is 1. The first-order valence-electron chi connectivity index (χ1n) is 7.34. The molecule has 0 bridgehead atoms. The van der Waals surface area contributed by atoms with Gasteiger partial charge in [0.15, 0.2) is 11.3 Å². The van der Waals surface area contributed by atoms with Gasteiger partial charge < -0.3 is 9.88 Å². The van der Waals surface area contributed by atoms with Gasteiger partial charge in [-0.25, -0.2) is 0 Å². The number of carbonyl (C=O) groups is 1. The van der Waals surface area contributed by atoms with Gasteiger partial charge in [0.05, 0.1) is 4.92 Å². The average Bonchev–Trinajstić information content (AvgIpc) is 3.02. The van der Waals surface area contributed by atoms with E-state index in [0.717, 1.165) is 16.5 Å². The van der Waals surface area contributed by atoms with Crippen molar-refractivity contribution in [3.8, 4) is 0 Å². The number of nitro benzene ring substituents is 1. The highest BCUT2D eigenvalue weighted by Gasteiger charge is 2.48. The van der Waals surface area contributed by atoms with Crippen LogP contribution in [0.3, 0.4) is 0 Å². The molecule has 0 amide bonds. The number of aromatic nitrogens is 1. The molecule has 120 valence electrons. The Balaban J connectivity index is 1.74. The number of hydrogen-bond acceptors (Lipinski definition) is 4. The van der Waals surface area contributed by atoms with Crippen LogP contribution in [0.4, 0.5) is 11.4 Å². The van der Waals surface area contributed by atoms with Crippen LogP contribution in [-0.4, -0.2) is 21.2 Å². The van der Waals surface area contributed by atoms with Crippen LogP contribution >= 0.6 is 11.6 Å². The smallest absolute Gasteiger partial charge is 0.269 e. The number of nitrogens with one attached hydrogen (secondary N) is 1. The maximum Gasteiger partial charge on any atom is 0.269 e. The van der Waals surface area contributed by atoms with Crippen LogP contribution in [0.25, 0.3) is 10.9 Å². The summed E-state index contributed by atoms with van der Waals surface area (Å²) in [6.45, 7) is 0. The number of carbonyl (C=O) groups excluding carboxylic acids is 1. The summed E-state index contributed by atoms with van der Waals surface area (Å²) < 4.78 is 0. The molecular formula is C17H12ClN3O3. The van der Waals surface area contributed by atoms with Crippen molar-refractivity contribution in [1.29, 1.82) is 0 Å². The molecule has 3 aromatic rings. The summed E-state index contributed by atoms with van der Waals surface area (Å²) in [5.74, 6) is -0.0835. The molecular weight excluding hydrogens is 330 g/mol. The molecule has 0 unspecified atom stereocenters. The van der Waals surface area contributed by atoms with E-state index < -0.39 is 16.5 Å². The summed E-state index contributed by atoms with van der Waals surface area (Å²) >= 11 is 6.20. The zero-order valence-electron chi connectivity index (χ0n) is 12.3. The monoisotopic (exact) mass is 341 g/mol. The van der Waals surface area contributed by atoms with Crippen LogP contribution in [0.15, 0.2) is 54.7 Å². The summed E-state index contributed by atoms with van der Waals surface area (Å²) in [5, 5.41) is 11.8. The third kappa shape index (κ3) is 2.07. The molecule has 4 rings (SSSR count). The lowest BCUT2D eigenvalue weighted by atomic mass is 9.91. The van der Waals surface area contributed by atoms with Crippen LogP contribution in [0.5, 0.6) is 0 Å². The number of Topliss-reactive ketones (excluding diaryl/α,β-unsaturated/α-hetero) is 1. The number of rotatable bonds is 3. The minimum Gasteiger partial charge on any atom is -0.361 e. The summed E-state index contributed by atoms with van der Waals surface area (Å²) in [6.07, 6.45) is 1.81. The molecule has 7 heteroatoms. The van der Waals surface area contributed by atoms with Gasteiger partial charge in [-0.05, 0) is 18.2 Å². The number of ketones is 1. The molecule has 1 aliphatic rings. The first kappa shape index (κ1) is 14.7. The van der Waals surface area contributed by atoms with Crippen molar-refractivity contribution in [3.05, 3.63) is 70.4 Å². The maximum atomic E-state index is 12.4. The molecule has 2 heterocycles. The molecule has 24 heavy (non-hydrogen) atoms. The Morgan fingerprint density at radius 2 is 1.83 bits per heavy atom. The van der Waals surface area contributed by atoms with E-state index in [1.807, 2.05) is 30.5 Å². The Labute approximate surface area is 141 Å². The van der Waals surface area contributed by atoms with Gasteiger partial charge in [0.1, 0.15) is 6.04 Å². The van der Waals surface area contributed by atoms with E-state index in [4.69, 9.17) is 11.6 Å². The normalized spacial score (nSPS) is 20.2. The van der Waals surface area contributed by atoms with Crippen LogP contribution in [-0.2, 0) is 4.79 Å². The quantitative estimate of drug-likeness (QED) is 0.340. The summed E-state index contributed by atoms with van der Waals surface area (Å²) in [6, 6.07) is 13.3. The van der Waals surface area contributed by atoms with Crippen LogP contribution < -0.4 is 4.90 Å². The Bertz CT molecular complexity index is 951. The van der Waals surface area contributed by atoms with Crippen molar-refractivity contribution in [1.82, 2.24) is 4.98 Å². The molecule has 6 nitrogen and oxygen atoms in total. The number of benzene rings is 2. The largest absolute Gasteiger partial charge is 0.361 e. The van der Waals surface area contributed by atoms with E-state index in [2.05, 4.69) is 4.98 Å². The van der Waals surface area contributed by atoms with Crippen molar-refractivity contribution in [2.24, 2.45) is 0 Å². The fourth-order valence-corrected chi connectivity index (χ4v) is 3.45. The maximum absolute atomic E-state index is 12.4. The summed E-state index contributed by atoms with van der Waals surface area (Å²) in [4.78, 5) is 27.6. The number of nitrogens with zero attached hydrogens (tertiary/aromatic N) is 2. The number of para-hydroxylation sites is 1. The van der Waals surface area contributed by atoms with Crippen molar-refractivity contribution < 1.29 is 9.72 Å². The average molecular weight is 342 g/mol. The second kappa shape index (κ2) is 5.35. The molecule has 0 radical (unpaired) electrons. The van der Waals surface area contributed by atoms with Crippen LogP contribution in [0.2, 0.25) is 0 Å². The number of halogens is 1. The van der Waals surface area contributed by atoms with Gasteiger partial charge in [0, 0.05) is 40.5 Å². The number of nitro groups is 1. The number of anilines is 1. The predicted molar refractivity (Wildman–Crippen MR) is 91.3 cm³/mol. The molecule has 1 saturated heterocycles. The van der Waals surface area contributed by atoms with Gasteiger partial charge in [-0.15, -0.1) is 0 Å². The Morgan fingerprint density at radius 1 is 1.12 bits per heavy atom. The van der Waals surface area contributed by atoms with Gasteiger partial charge in [-0.1, -0.05) is 29.8 Å². The van der Waals surface area contributed by atoms with Gasteiger partial charge >= 0.3 is 0 Å². The van der Waals surface area contributed by atoms with E-state index >= 15 is 0 Å². The van der Waals surface area contributed by atoms with Crippen molar-refractivity contribution in [3.63, 3.8) is 0 Å². The van der Waals surface area contributed by atoms with Gasteiger partial charge in [0.25, 0.3) is 5.69 Å². The Morgan fingerprint density at radius 3 is 2.54 bits per heavy atom. The first-order chi connectivity index (χ1) is 11.6. The van der Waals surface area contributed by atoms with E-state index in [1.165, 1.54) is 12.1 Å². The van der Waals surface area contributed by atoms with E-state index in [1.54, 1.807) is 17.0 Å². The van der Waals surface area contributed by atoms with Crippen molar-refractivity contribution in [2.45, 2.75) is 11.5 Å². The highest BCUT2D eigenvalue weighted by atomic mass is 35.5. The minimum atomic E-state index is -0.773. The molecule has 1 aliphatic heterocycles. The van der Waals surface area contributed by atoms with Crippen molar-refractivity contribution in [2.75, 3.05) is 4.90 Å². The molecule has 0 spiro atoms. The Kier molecular flexibility index (Phi) is 3.28. The molecule has 2 aromatic carbocycles. The lowest BCUT2D eigenvalue weighted by molar-refractivity contribution is -0.384. The second-order valence-electron chi connectivity index (χ2n) is 5.61. The van der Waals surface area contributed by atoms with Crippen LogP contribution in [0.1, 0.15) is 11.6 Å². The SMILES string of the molecule is O=C1[C@@H](Cl)N(c2ccc([N+](=O)[O-])cc2)[C@@H]1c1c[nH]c2ccccc12. The third-order valence-corrected chi connectivity index (χ3v) is 4.73. The van der Waals surface area contributed by atoms with E-state index in [-0.39, 0.29) is 11.5 Å². The molecule has 1 N–H and O–H groups in total. The van der Waals surface area contributed by atoms with E-state index in [9.17, 15) is 14.9 Å². The number of alkyl halides is 1. The minimum absolute atomic E-state index is 0.000340. The zero-order chi connectivity index (χ0) is 16.8. The second-order valence-corrected chi connectivity index (χ2v) is 6.02. The standard InChI is InChI=1S/C17H12ClN3O3/c18-17-16(22)15(13-9-19-14-4-2-1-3-12(13)14)20(17)10-5-7-11(8-6-10)21(23)24/h1-9,15,17,19H/t15-,17+/m1/s1. The lowest BCUT2D eigenvalue weighted by Crippen LogP contribution is -2.56. The van der Waals surface area contributed by atoms with Crippen LogP contribution in [0, 0.1) is 10.1 Å². The Hall–Kier alpha value is -2.86. The van der Waals surface area contributed by atoms with E-state index in [0.29, 0.717) is 5.69 Å². The van der Waals surface area contributed by atoms with Gasteiger partial charge in [0.2, 0.25) is 0 Å². The fraction of sp³-hybridized carbons (Fsp3) is 0.118. The van der Waals surface area contributed by atoms with Gasteiger partial charge in [-0.3, -0.25) is 14.9 Å². The predicted octanol–water partition coefficient (Wildman–Crippen LogP) is 3.77. The number of H-pyrrole nitrogens is 1. The number of hydrogen-bond donors (Lipinski definition) is 1. The first-order valence-corrected chi connectivity index (χ1v) is 7.78. The van der Waals surface area contributed by atoms with Gasteiger partial charge in [-0.2, -0.15) is 0 Å². The molecule has 0 saturated carbocycles. The third-order valence-electron chi connectivity index (χ3n) is 4.30. The fourth-order valence-electron chi connectivity index (χ4n) is 3.10.